The van der Waals surface area contributed by atoms with Crippen molar-refractivity contribution in [1.29, 1.82) is 0 Å². The van der Waals surface area contributed by atoms with E-state index in [1.165, 1.54) is 13.8 Å². The van der Waals surface area contributed by atoms with Gasteiger partial charge in [0.05, 0.1) is 18.8 Å². The summed E-state index contributed by atoms with van der Waals surface area (Å²) in [6.07, 6.45) is -0.532. The van der Waals surface area contributed by atoms with Gasteiger partial charge in [0.1, 0.15) is 11.6 Å². The molecule has 2 N–H and O–H groups in total. The highest BCUT2D eigenvalue weighted by Crippen LogP contribution is 2.42. The van der Waals surface area contributed by atoms with E-state index < -0.39 is 29.9 Å². The Kier molecular flexibility index (Phi) is 10.6. The Morgan fingerprint density at radius 1 is 1.05 bits per heavy atom. The van der Waals surface area contributed by atoms with E-state index in [2.05, 4.69) is 17.1 Å². The number of aliphatic hydroxyl groups is 1. The van der Waals surface area contributed by atoms with Crippen molar-refractivity contribution in [2.75, 3.05) is 18.4 Å². The molecule has 6 atom stereocenters. The summed E-state index contributed by atoms with van der Waals surface area (Å²) in [5.41, 5.74) is 2.53. The first-order chi connectivity index (χ1) is 20.3. The number of amides is 1. The molecule has 10 nitrogen and oxygen atoms in total. The minimum absolute atomic E-state index is 0.0424. The van der Waals surface area contributed by atoms with Gasteiger partial charge >= 0.3 is 11.9 Å². The number of nitrogens with one attached hydrogen (secondary N) is 1. The third kappa shape index (κ3) is 8.63. The van der Waals surface area contributed by atoms with Crippen molar-refractivity contribution in [3.8, 4) is 0 Å². The number of benzene rings is 2. The molecule has 4 rings (SSSR count). The van der Waals surface area contributed by atoms with Crippen LogP contribution in [0, 0.1) is 5.92 Å². The molecule has 0 radical (unpaired) electrons. The lowest BCUT2D eigenvalue weighted by Gasteiger charge is -2.43. The van der Waals surface area contributed by atoms with Crippen molar-refractivity contribution in [1.82, 2.24) is 4.90 Å². The quantitative estimate of drug-likeness (QED) is 0.398. The van der Waals surface area contributed by atoms with Crippen LogP contribution < -0.4 is 5.32 Å². The highest BCUT2D eigenvalue weighted by molar-refractivity contribution is 5.94. The lowest BCUT2D eigenvalue weighted by molar-refractivity contribution is -0.276. The van der Waals surface area contributed by atoms with Crippen molar-refractivity contribution in [3.63, 3.8) is 0 Å². The Hall–Kier alpha value is -3.31. The SMILES string of the molecule is CC(=O)OC(C)C(=O)Nc1ccc(C2OC(CN3CCCC3C(=O)OC(C)(C)C)C(C)C(c3ccc(CO)cc3)O2)cc1. The number of ether oxygens (including phenoxy) is 4. The monoisotopic (exact) mass is 596 g/mol. The van der Waals surface area contributed by atoms with E-state index in [4.69, 9.17) is 18.9 Å². The van der Waals surface area contributed by atoms with Crippen LogP contribution >= 0.6 is 0 Å². The van der Waals surface area contributed by atoms with E-state index in [9.17, 15) is 19.5 Å². The van der Waals surface area contributed by atoms with Crippen LogP contribution in [0.1, 0.15) is 83.5 Å². The summed E-state index contributed by atoms with van der Waals surface area (Å²) in [7, 11) is 0. The fourth-order valence-corrected chi connectivity index (χ4v) is 5.51. The zero-order valence-corrected chi connectivity index (χ0v) is 25.9. The zero-order valence-electron chi connectivity index (χ0n) is 25.9. The highest BCUT2D eigenvalue weighted by Gasteiger charge is 2.42. The van der Waals surface area contributed by atoms with Crippen molar-refractivity contribution < 1.29 is 38.4 Å². The van der Waals surface area contributed by atoms with Gasteiger partial charge in [-0.3, -0.25) is 19.3 Å². The summed E-state index contributed by atoms with van der Waals surface area (Å²) in [6, 6.07) is 14.5. The van der Waals surface area contributed by atoms with E-state index >= 15 is 0 Å². The second-order valence-electron chi connectivity index (χ2n) is 12.4. The van der Waals surface area contributed by atoms with Crippen LogP contribution in [0.15, 0.2) is 48.5 Å². The Morgan fingerprint density at radius 3 is 2.30 bits per heavy atom. The predicted molar refractivity (Wildman–Crippen MR) is 160 cm³/mol. The Labute approximate surface area is 253 Å². The maximum absolute atomic E-state index is 13.0. The molecular weight excluding hydrogens is 552 g/mol. The Balaban J connectivity index is 1.54. The van der Waals surface area contributed by atoms with Gasteiger partial charge in [0, 0.05) is 30.6 Å². The Morgan fingerprint density at radius 2 is 1.70 bits per heavy atom. The van der Waals surface area contributed by atoms with Crippen molar-refractivity contribution >= 4 is 23.5 Å². The molecule has 2 aliphatic heterocycles. The molecule has 2 fully saturated rings. The first-order valence-corrected chi connectivity index (χ1v) is 14.9. The number of nitrogens with zero attached hydrogens (tertiary/aromatic N) is 1. The number of likely N-dealkylation sites (tertiary alicyclic amines) is 1. The normalized spacial score (nSPS) is 25.1. The highest BCUT2D eigenvalue weighted by atomic mass is 16.7. The number of rotatable bonds is 9. The third-order valence-corrected chi connectivity index (χ3v) is 7.74. The van der Waals surface area contributed by atoms with E-state index in [-0.39, 0.29) is 36.7 Å². The van der Waals surface area contributed by atoms with E-state index in [1.807, 2.05) is 57.2 Å². The molecule has 2 aliphatic rings. The summed E-state index contributed by atoms with van der Waals surface area (Å²) in [5, 5.41) is 12.3. The molecule has 0 bridgehead atoms. The molecule has 0 aliphatic carbocycles. The average Bonchev–Trinajstić information content (AvgIpc) is 3.42. The molecular formula is C33H44N2O8. The summed E-state index contributed by atoms with van der Waals surface area (Å²) in [6.45, 7) is 11.8. The number of anilines is 1. The second kappa shape index (κ2) is 14.0. The maximum Gasteiger partial charge on any atom is 0.323 e. The lowest BCUT2D eigenvalue weighted by atomic mass is 9.90. The van der Waals surface area contributed by atoms with Crippen molar-refractivity contribution in [3.05, 3.63) is 65.2 Å². The first kappa shape index (κ1) is 32.6. The summed E-state index contributed by atoms with van der Waals surface area (Å²) in [4.78, 5) is 38.8. The summed E-state index contributed by atoms with van der Waals surface area (Å²) >= 11 is 0. The number of carbonyl (C=O) groups is 3. The average molecular weight is 597 g/mol. The van der Waals surface area contributed by atoms with Crippen LogP contribution in [-0.2, 0) is 39.9 Å². The van der Waals surface area contributed by atoms with Crippen LogP contribution in [0.25, 0.3) is 0 Å². The number of carbonyl (C=O) groups excluding carboxylic acids is 3. The standard InChI is InChI=1S/C33H44N2O8/c1-20-28(18-35-17-7-8-27(35)31(39)43-33(4,5)6)41-32(42-29(20)24-11-9-23(19-36)10-12-24)25-13-15-26(16-14-25)34-30(38)21(2)40-22(3)37/h9-16,20-21,27-29,32,36H,7-8,17-19H2,1-6H3,(H,34,38). The molecule has 43 heavy (non-hydrogen) atoms. The van der Waals surface area contributed by atoms with Crippen LogP contribution in [0.4, 0.5) is 5.69 Å². The number of aliphatic hydroxyl groups excluding tert-OH is 1. The van der Waals surface area contributed by atoms with Gasteiger partial charge in [-0.25, -0.2) is 0 Å². The molecule has 0 spiro atoms. The van der Waals surface area contributed by atoms with Gasteiger partial charge in [-0.15, -0.1) is 0 Å². The first-order valence-electron chi connectivity index (χ1n) is 14.9. The molecule has 2 saturated heterocycles. The summed E-state index contributed by atoms with van der Waals surface area (Å²) in [5.74, 6) is -1.21. The number of hydrogen-bond donors (Lipinski definition) is 2. The van der Waals surface area contributed by atoms with Crippen molar-refractivity contribution in [2.45, 2.75) is 97.2 Å². The molecule has 234 valence electrons. The van der Waals surface area contributed by atoms with E-state index in [0.717, 1.165) is 36.1 Å². The fourth-order valence-electron chi connectivity index (χ4n) is 5.51. The van der Waals surface area contributed by atoms with E-state index in [1.54, 1.807) is 12.1 Å². The minimum Gasteiger partial charge on any atom is -0.459 e. The molecule has 0 aromatic heterocycles. The van der Waals surface area contributed by atoms with Gasteiger partial charge in [0.25, 0.3) is 5.91 Å². The van der Waals surface area contributed by atoms with Gasteiger partial charge in [-0.05, 0) is 70.3 Å². The molecule has 6 unspecified atom stereocenters. The number of hydrogen-bond acceptors (Lipinski definition) is 9. The molecule has 1 amide bonds. The maximum atomic E-state index is 13.0. The van der Waals surface area contributed by atoms with Gasteiger partial charge in [0.2, 0.25) is 0 Å². The molecule has 2 aromatic rings. The minimum atomic E-state index is -0.919. The van der Waals surface area contributed by atoms with E-state index in [0.29, 0.717) is 12.2 Å². The van der Waals surface area contributed by atoms with Gasteiger partial charge in [0.15, 0.2) is 12.4 Å². The molecule has 10 heteroatoms. The van der Waals surface area contributed by atoms with Crippen LogP contribution in [-0.4, -0.2) is 64.8 Å². The van der Waals surface area contributed by atoms with Gasteiger partial charge in [-0.1, -0.05) is 43.3 Å². The van der Waals surface area contributed by atoms with Crippen LogP contribution in [0.2, 0.25) is 0 Å². The topological polar surface area (TPSA) is 124 Å². The Bertz CT molecular complexity index is 1260. The molecule has 0 saturated carbocycles. The van der Waals surface area contributed by atoms with Gasteiger partial charge in [-0.2, -0.15) is 0 Å². The zero-order chi connectivity index (χ0) is 31.3. The van der Waals surface area contributed by atoms with Crippen molar-refractivity contribution in [2.24, 2.45) is 5.92 Å². The fraction of sp³-hybridized carbons (Fsp3) is 0.545. The summed E-state index contributed by atoms with van der Waals surface area (Å²) < 4.78 is 23.8. The van der Waals surface area contributed by atoms with Crippen LogP contribution in [0.3, 0.4) is 0 Å². The smallest absolute Gasteiger partial charge is 0.323 e. The predicted octanol–water partition coefficient (Wildman–Crippen LogP) is 4.67. The third-order valence-electron chi connectivity index (χ3n) is 7.74. The second-order valence-corrected chi connectivity index (χ2v) is 12.4. The molecule has 2 aromatic carbocycles. The largest absolute Gasteiger partial charge is 0.459 e. The molecule has 2 heterocycles. The number of esters is 2. The lowest BCUT2D eigenvalue weighted by Crippen LogP contribution is -2.48. The van der Waals surface area contributed by atoms with Gasteiger partial charge < -0.3 is 29.4 Å². The van der Waals surface area contributed by atoms with Crippen LogP contribution in [0.5, 0.6) is 0 Å².